The highest BCUT2D eigenvalue weighted by molar-refractivity contribution is 5.83. The number of aryl methyl sites for hydroxylation is 2. The fourth-order valence-electron chi connectivity index (χ4n) is 4.34. The lowest BCUT2D eigenvalue weighted by Crippen LogP contribution is -2.47. The van der Waals surface area contributed by atoms with Crippen LogP contribution in [0.3, 0.4) is 0 Å². The summed E-state index contributed by atoms with van der Waals surface area (Å²) in [6, 6.07) is 6.39. The molecule has 0 radical (unpaired) electrons. The summed E-state index contributed by atoms with van der Waals surface area (Å²) < 4.78 is 1.97. The maximum Gasteiger partial charge on any atom is 0.315 e. The predicted molar refractivity (Wildman–Crippen MR) is 129 cm³/mol. The molecule has 2 aromatic rings. The van der Waals surface area contributed by atoms with Crippen LogP contribution < -0.4 is 16.0 Å². The molecule has 2 atom stereocenters. The normalized spacial score (nSPS) is 18.3. The number of aromatic nitrogens is 2. The zero-order chi connectivity index (χ0) is 22.9. The molecule has 1 aromatic heterocycles. The summed E-state index contributed by atoms with van der Waals surface area (Å²) in [6.45, 7) is 8.11. The minimum Gasteiger partial charge on any atom is -0.384 e. The molecule has 0 spiro atoms. The third-order valence-electron chi connectivity index (χ3n) is 5.95. The monoisotopic (exact) mass is 431 g/mol. The number of carbonyl (C=O) groups is 1. The van der Waals surface area contributed by atoms with Gasteiger partial charge in [0.15, 0.2) is 0 Å². The van der Waals surface area contributed by atoms with Crippen LogP contribution in [0.1, 0.15) is 56.1 Å². The van der Waals surface area contributed by atoms with Crippen LogP contribution in [0.5, 0.6) is 0 Å². The fraction of sp³-hybridized carbons (Fsp3) is 0.385. The fourth-order valence-corrected chi connectivity index (χ4v) is 4.34. The van der Waals surface area contributed by atoms with Gasteiger partial charge in [-0.2, -0.15) is 0 Å². The molecule has 6 heteroatoms. The number of allylic oxidation sites excluding steroid dienone is 2. The third kappa shape index (κ3) is 4.64. The van der Waals surface area contributed by atoms with E-state index in [1.165, 1.54) is 22.3 Å². The second-order valence-electron chi connectivity index (χ2n) is 9.60. The van der Waals surface area contributed by atoms with Crippen molar-refractivity contribution in [2.24, 2.45) is 7.05 Å². The molecule has 1 aromatic carbocycles. The lowest BCUT2D eigenvalue weighted by molar-refractivity contribution is 0.230. The average molecular weight is 432 g/mol. The molecule has 0 fully saturated rings. The molecular weight excluding hydrogens is 398 g/mol. The van der Waals surface area contributed by atoms with Gasteiger partial charge in [0.05, 0.1) is 30.3 Å². The van der Waals surface area contributed by atoms with E-state index in [0.717, 1.165) is 24.1 Å². The van der Waals surface area contributed by atoms with Gasteiger partial charge >= 0.3 is 6.03 Å². The first-order valence-electron chi connectivity index (χ1n) is 11.3. The van der Waals surface area contributed by atoms with Gasteiger partial charge in [-0.1, -0.05) is 37.3 Å². The summed E-state index contributed by atoms with van der Waals surface area (Å²) in [7, 11) is 1.96. The lowest BCUT2D eigenvalue weighted by atomic mass is 9.90. The zero-order valence-corrected chi connectivity index (χ0v) is 19.6. The van der Waals surface area contributed by atoms with E-state index in [4.69, 9.17) is 0 Å². The van der Waals surface area contributed by atoms with Crippen molar-refractivity contribution in [3.05, 3.63) is 83.1 Å². The van der Waals surface area contributed by atoms with Gasteiger partial charge in [-0.05, 0) is 73.7 Å². The number of carbonyl (C=O) groups excluding carboxylic acids is 1. The van der Waals surface area contributed by atoms with Gasteiger partial charge in [-0.15, -0.1) is 0 Å². The zero-order valence-electron chi connectivity index (χ0n) is 19.6. The first-order valence-corrected chi connectivity index (χ1v) is 11.3. The van der Waals surface area contributed by atoms with Crippen LogP contribution in [0.25, 0.3) is 5.57 Å². The molecule has 2 unspecified atom stereocenters. The van der Waals surface area contributed by atoms with Crippen LogP contribution in [-0.4, -0.2) is 27.2 Å². The van der Waals surface area contributed by atoms with Gasteiger partial charge in [0, 0.05) is 12.6 Å². The second-order valence-corrected chi connectivity index (χ2v) is 9.60. The van der Waals surface area contributed by atoms with Crippen LogP contribution in [0, 0.1) is 0 Å². The van der Waals surface area contributed by atoms with Gasteiger partial charge < -0.3 is 20.5 Å². The van der Waals surface area contributed by atoms with Crippen LogP contribution in [0.2, 0.25) is 0 Å². The van der Waals surface area contributed by atoms with Crippen molar-refractivity contribution in [1.82, 2.24) is 25.5 Å². The Balaban J connectivity index is 1.86. The van der Waals surface area contributed by atoms with E-state index in [9.17, 15) is 4.79 Å². The van der Waals surface area contributed by atoms with E-state index in [-0.39, 0.29) is 23.7 Å². The summed E-state index contributed by atoms with van der Waals surface area (Å²) in [6.07, 6.45) is 13.9. The molecule has 6 nitrogen and oxygen atoms in total. The Hall–Kier alpha value is -3.28. The van der Waals surface area contributed by atoms with E-state index < -0.39 is 0 Å². The van der Waals surface area contributed by atoms with Crippen molar-refractivity contribution < 1.29 is 4.79 Å². The minimum atomic E-state index is -0.346. The Labute approximate surface area is 190 Å². The SMILES string of the molecule is CCc1ccc2c(c1)C(C(NC(=O)NC(C)(C)C)c1cncn1C)=CC1=CC=CNC1C2. The summed E-state index contributed by atoms with van der Waals surface area (Å²) in [4.78, 5) is 17.3. The molecule has 2 heterocycles. The molecule has 1 aliphatic heterocycles. The highest BCUT2D eigenvalue weighted by atomic mass is 16.2. The Bertz CT molecular complexity index is 1100. The van der Waals surface area contributed by atoms with Gasteiger partial charge in [0.25, 0.3) is 0 Å². The van der Waals surface area contributed by atoms with Gasteiger partial charge in [-0.25, -0.2) is 9.78 Å². The molecule has 168 valence electrons. The van der Waals surface area contributed by atoms with Gasteiger partial charge in [0.2, 0.25) is 0 Å². The maximum absolute atomic E-state index is 13.0. The molecule has 0 saturated carbocycles. The highest BCUT2D eigenvalue weighted by Crippen LogP contribution is 2.38. The number of dihydropyridines is 1. The Kier molecular flexibility index (Phi) is 5.96. The number of benzene rings is 1. The topological polar surface area (TPSA) is 71.0 Å². The summed E-state index contributed by atoms with van der Waals surface area (Å²) in [5.41, 5.74) is 6.63. The molecular formula is C26H33N5O. The minimum absolute atomic E-state index is 0.200. The molecule has 1 aliphatic carbocycles. The number of imidazole rings is 1. The van der Waals surface area contributed by atoms with Crippen LogP contribution in [0.4, 0.5) is 4.79 Å². The van der Waals surface area contributed by atoms with Crippen molar-refractivity contribution in [3.63, 3.8) is 0 Å². The average Bonchev–Trinajstić information content (AvgIpc) is 3.08. The number of urea groups is 1. The van der Waals surface area contributed by atoms with E-state index in [2.05, 4.69) is 58.2 Å². The first-order chi connectivity index (χ1) is 15.2. The molecule has 32 heavy (non-hydrogen) atoms. The molecule has 4 rings (SSSR count). The molecule has 2 amide bonds. The summed E-state index contributed by atoms with van der Waals surface area (Å²) >= 11 is 0. The van der Waals surface area contributed by atoms with E-state index >= 15 is 0 Å². The number of amides is 2. The van der Waals surface area contributed by atoms with Crippen molar-refractivity contribution >= 4 is 11.6 Å². The summed E-state index contributed by atoms with van der Waals surface area (Å²) in [5, 5.41) is 9.78. The molecule has 2 aliphatic rings. The van der Waals surface area contributed by atoms with Crippen LogP contribution in [0.15, 0.2) is 60.7 Å². The van der Waals surface area contributed by atoms with Crippen LogP contribution >= 0.6 is 0 Å². The lowest BCUT2D eigenvalue weighted by Gasteiger charge is -2.27. The third-order valence-corrected chi connectivity index (χ3v) is 5.95. The predicted octanol–water partition coefficient (Wildman–Crippen LogP) is 4.17. The van der Waals surface area contributed by atoms with Gasteiger partial charge in [0.1, 0.15) is 0 Å². The van der Waals surface area contributed by atoms with Crippen molar-refractivity contribution in [2.45, 2.75) is 58.2 Å². The van der Waals surface area contributed by atoms with E-state index in [0.29, 0.717) is 0 Å². The highest BCUT2D eigenvalue weighted by Gasteiger charge is 2.30. The Morgan fingerprint density at radius 3 is 2.84 bits per heavy atom. The van der Waals surface area contributed by atoms with Crippen LogP contribution in [-0.2, 0) is 19.9 Å². The van der Waals surface area contributed by atoms with Crippen molar-refractivity contribution in [2.75, 3.05) is 0 Å². The number of rotatable bonds is 4. The Morgan fingerprint density at radius 1 is 1.34 bits per heavy atom. The number of fused-ring (bicyclic) bond motifs is 2. The number of hydrogen-bond acceptors (Lipinski definition) is 3. The van der Waals surface area contributed by atoms with Crippen molar-refractivity contribution in [3.8, 4) is 0 Å². The largest absolute Gasteiger partial charge is 0.384 e. The second kappa shape index (κ2) is 8.69. The van der Waals surface area contributed by atoms with Gasteiger partial charge in [-0.3, -0.25) is 0 Å². The Morgan fingerprint density at radius 2 is 2.16 bits per heavy atom. The van der Waals surface area contributed by atoms with E-state index in [1.54, 1.807) is 6.33 Å². The molecule has 0 saturated heterocycles. The smallest absolute Gasteiger partial charge is 0.315 e. The van der Waals surface area contributed by atoms with E-state index in [1.807, 2.05) is 50.9 Å². The summed E-state index contributed by atoms with van der Waals surface area (Å²) in [5.74, 6) is 0. The standard InChI is InChI=1S/C26H33N5O/c1-6-17-9-10-18-14-22-19(8-7-11-28-22)13-21(20(18)12-17)24(23-15-27-16-31(23)5)29-25(32)30-26(2,3)4/h7-13,15-16,22,24,28H,6,14H2,1-5H3,(H2,29,30,32). The number of hydrogen-bond donors (Lipinski definition) is 3. The maximum atomic E-state index is 13.0. The molecule has 0 bridgehead atoms. The first kappa shape index (κ1) is 21.9. The number of nitrogens with one attached hydrogen (secondary N) is 3. The quantitative estimate of drug-likeness (QED) is 0.680. The number of nitrogens with zero attached hydrogens (tertiary/aromatic N) is 2. The van der Waals surface area contributed by atoms with Crippen molar-refractivity contribution in [1.29, 1.82) is 0 Å². The molecule has 3 N–H and O–H groups in total.